The normalized spacial score (nSPS) is 15.7. The third kappa shape index (κ3) is 3.58. The van der Waals surface area contributed by atoms with Gasteiger partial charge in [0.15, 0.2) is 0 Å². The average molecular weight is 424 g/mol. The zero-order valence-corrected chi connectivity index (χ0v) is 16.1. The van der Waals surface area contributed by atoms with Crippen molar-refractivity contribution in [2.24, 2.45) is 5.14 Å². The van der Waals surface area contributed by atoms with E-state index in [1.54, 1.807) is 19.3 Å². The highest BCUT2D eigenvalue weighted by molar-refractivity contribution is 9.10. The fourth-order valence-electron chi connectivity index (χ4n) is 3.06. The molecule has 2 aromatic rings. The van der Waals surface area contributed by atoms with E-state index in [1.165, 1.54) is 0 Å². The molecule has 5 nitrogen and oxygen atoms in total. The SMILES string of the molecule is C=CCC1Oc2ccc(Br)c(OC)c2-c2ccc(CS(N)(=O)=O)cc21. The predicted octanol–water partition coefficient (Wildman–Crippen LogP) is 3.92. The number of fused-ring (bicyclic) bond motifs is 3. The van der Waals surface area contributed by atoms with Gasteiger partial charge in [0, 0.05) is 12.0 Å². The monoisotopic (exact) mass is 423 g/mol. The van der Waals surface area contributed by atoms with Crippen molar-refractivity contribution in [3.05, 3.63) is 58.6 Å². The molecule has 25 heavy (non-hydrogen) atoms. The second kappa shape index (κ2) is 6.82. The maximum atomic E-state index is 11.4. The number of sulfonamides is 1. The summed E-state index contributed by atoms with van der Waals surface area (Å²) >= 11 is 3.49. The molecule has 0 aliphatic carbocycles. The fraction of sp³-hybridized carbons (Fsp3) is 0.222. The number of nitrogens with two attached hydrogens (primary N) is 1. The Morgan fingerprint density at radius 2 is 2.12 bits per heavy atom. The minimum Gasteiger partial charge on any atom is -0.495 e. The zero-order valence-electron chi connectivity index (χ0n) is 13.7. The molecule has 132 valence electrons. The van der Waals surface area contributed by atoms with Gasteiger partial charge in [0.05, 0.1) is 22.9 Å². The lowest BCUT2D eigenvalue weighted by Gasteiger charge is -2.30. The van der Waals surface area contributed by atoms with Crippen LogP contribution in [-0.2, 0) is 15.8 Å². The molecule has 1 aliphatic rings. The minimum atomic E-state index is -3.61. The average Bonchev–Trinajstić information content (AvgIpc) is 2.54. The number of primary sulfonamides is 1. The first-order valence-corrected chi connectivity index (χ1v) is 10.1. The Morgan fingerprint density at radius 3 is 2.76 bits per heavy atom. The summed E-state index contributed by atoms with van der Waals surface area (Å²) in [5.74, 6) is 1.18. The highest BCUT2D eigenvalue weighted by Gasteiger charge is 2.29. The van der Waals surface area contributed by atoms with Gasteiger partial charge < -0.3 is 9.47 Å². The third-order valence-corrected chi connectivity index (χ3v) is 5.39. The minimum absolute atomic E-state index is 0.219. The maximum Gasteiger partial charge on any atom is 0.213 e. The number of halogens is 1. The fourth-order valence-corrected chi connectivity index (χ4v) is 4.20. The van der Waals surface area contributed by atoms with Crippen LogP contribution in [0.15, 0.2) is 47.5 Å². The molecular weight excluding hydrogens is 406 g/mol. The van der Waals surface area contributed by atoms with Crippen LogP contribution in [0.2, 0.25) is 0 Å². The van der Waals surface area contributed by atoms with Crippen molar-refractivity contribution in [2.45, 2.75) is 18.3 Å². The van der Waals surface area contributed by atoms with Crippen molar-refractivity contribution in [2.75, 3.05) is 7.11 Å². The number of hydrogen-bond donors (Lipinski definition) is 1. The molecule has 0 amide bonds. The summed E-state index contributed by atoms with van der Waals surface area (Å²) in [5.41, 5.74) is 3.31. The van der Waals surface area contributed by atoms with E-state index in [0.717, 1.165) is 26.9 Å². The highest BCUT2D eigenvalue weighted by atomic mass is 79.9. The molecule has 0 bridgehead atoms. The van der Waals surface area contributed by atoms with Crippen LogP contribution in [0.4, 0.5) is 0 Å². The van der Waals surface area contributed by atoms with Gasteiger partial charge in [-0.2, -0.15) is 0 Å². The van der Waals surface area contributed by atoms with Crippen molar-refractivity contribution < 1.29 is 17.9 Å². The van der Waals surface area contributed by atoms with Crippen LogP contribution < -0.4 is 14.6 Å². The Kier molecular flexibility index (Phi) is 4.90. The van der Waals surface area contributed by atoms with Crippen molar-refractivity contribution in [1.29, 1.82) is 0 Å². The van der Waals surface area contributed by atoms with E-state index < -0.39 is 10.0 Å². The quantitative estimate of drug-likeness (QED) is 0.738. The van der Waals surface area contributed by atoms with Crippen LogP contribution in [0.25, 0.3) is 11.1 Å². The highest BCUT2D eigenvalue weighted by Crippen LogP contribution is 2.50. The van der Waals surface area contributed by atoms with Crippen LogP contribution >= 0.6 is 15.9 Å². The van der Waals surface area contributed by atoms with Crippen LogP contribution in [0.5, 0.6) is 11.5 Å². The zero-order chi connectivity index (χ0) is 18.2. The molecule has 3 rings (SSSR count). The molecule has 1 aliphatic heterocycles. The maximum absolute atomic E-state index is 11.4. The molecule has 0 saturated heterocycles. The number of rotatable bonds is 5. The van der Waals surface area contributed by atoms with Gasteiger partial charge in [0.2, 0.25) is 10.0 Å². The summed E-state index contributed by atoms with van der Waals surface area (Å²) in [5, 5.41) is 5.18. The van der Waals surface area contributed by atoms with Crippen molar-refractivity contribution in [3.63, 3.8) is 0 Å². The Labute approximate surface area is 155 Å². The van der Waals surface area contributed by atoms with E-state index in [4.69, 9.17) is 14.6 Å². The van der Waals surface area contributed by atoms with Crippen LogP contribution in [0.3, 0.4) is 0 Å². The van der Waals surface area contributed by atoms with E-state index >= 15 is 0 Å². The summed E-state index contributed by atoms with van der Waals surface area (Å²) in [7, 11) is -2.00. The van der Waals surface area contributed by atoms with Crippen molar-refractivity contribution in [1.82, 2.24) is 0 Å². The van der Waals surface area contributed by atoms with E-state index in [2.05, 4.69) is 22.5 Å². The summed E-state index contributed by atoms with van der Waals surface area (Å²) < 4.78 is 35.3. The van der Waals surface area contributed by atoms with Gasteiger partial charge in [-0.15, -0.1) is 6.58 Å². The lowest BCUT2D eigenvalue weighted by atomic mass is 9.89. The lowest BCUT2D eigenvalue weighted by Crippen LogP contribution is -2.17. The van der Waals surface area contributed by atoms with Crippen LogP contribution in [0.1, 0.15) is 23.7 Å². The van der Waals surface area contributed by atoms with E-state index in [1.807, 2.05) is 24.3 Å². The standard InChI is InChI=1S/C18H18BrNO4S/c1-3-4-15-13-9-11(10-25(20,21)22)5-6-12(13)17-16(24-15)8-7-14(19)18(17)23-2/h3,5-9,15H,1,4,10H2,2H3,(H2,20,21,22). The smallest absolute Gasteiger partial charge is 0.213 e. The number of methoxy groups -OCH3 is 1. The summed E-state index contributed by atoms with van der Waals surface area (Å²) in [6, 6.07) is 9.26. The molecule has 2 aromatic carbocycles. The van der Waals surface area contributed by atoms with Gasteiger partial charge in [-0.1, -0.05) is 24.3 Å². The third-order valence-electron chi connectivity index (χ3n) is 4.03. The number of hydrogen-bond acceptors (Lipinski definition) is 4. The lowest BCUT2D eigenvalue weighted by molar-refractivity contribution is 0.204. The van der Waals surface area contributed by atoms with Crippen molar-refractivity contribution >= 4 is 26.0 Å². The second-order valence-electron chi connectivity index (χ2n) is 5.81. The molecule has 2 N–H and O–H groups in total. The molecule has 1 heterocycles. The topological polar surface area (TPSA) is 78.6 Å². The van der Waals surface area contributed by atoms with E-state index in [9.17, 15) is 8.42 Å². The first-order valence-electron chi connectivity index (χ1n) is 7.61. The second-order valence-corrected chi connectivity index (χ2v) is 8.28. The van der Waals surface area contributed by atoms with E-state index in [0.29, 0.717) is 17.7 Å². The van der Waals surface area contributed by atoms with Crippen LogP contribution in [0, 0.1) is 0 Å². The Hall–Kier alpha value is -1.83. The molecular formula is C18H18BrNO4S. The first kappa shape index (κ1) is 18.0. The van der Waals surface area contributed by atoms with Crippen molar-refractivity contribution in [3.8, 4) is 22.6 Å². The molecule has 1 atom stereocenters. The first-order chi connectivity index (χ1) is 11.8. The molecule has 7 heteroatoms. The summed E-state index contributed by atoms with van der Waals surface area (Å²) in [4.78, 5) is 0. The predicted molar refractivity (Wildman–Crippen MR) is 101 cm³/mol. The molecule has 0 saturated carbocycles. The molecule has 0 fully saturated rings. The van der Waals surface area contributed by atoms with Crippen LogP contribution in [-0.4, -0.2) is 15.5 Å². The number of ether oxygens (including phenoxy) is 2. The van der Waals surface area contributed by atoms with Gasteiger partial charge in [-0.05, 0) is 39.2 Å². The molecule has 0 radical (unpaired) electrons. The largest absolute Gasteiger partial charge is 0.495 e. The van der Waals surface area contributed by atoms with Gasteiger partial charge >= 0.3 is 0 Å². The van der Waals surface area contributed by atoms with Gasteiger partial charge in [0.25, 0.3) is 0 Å². The van der Waals surface area contributed by atoms with Gasteiger partial charge in [-0.25, -0.2) is 13.6 Å². The Morgan fingerprint density at radius 1 is 1.36 bits per heavy atom. The van der Waals surface area contributed by atoms with E-state index in [-0.39, 0.29) is 11.9 Å². The van der Waals surface area contributed by atoms with Gasteiger partial charge in [-0.3, -0.25) is 0 Å². The molecule has 1 unspecified atom stereocenters. The summed E-state index contributed by atoms with van der Waals surface area (Å²) in [6.45, 7) is 3.79. The Balaban J connectivity index is 2.21. The van der Waals surface area contributed by atoms with Gasteiger partial charge in [0.1, 0.15) is 17.6 Å². The Bertz CT molecular complexity index is 940. The molecule has 0 aromatic heterocycles. The molecule has 0 spiro atoms. The number of benzene rings is 2. The summed E-state index contributed by atoms with van der Waals surface area (Å²) in [6.07, 6.45) is 2.14.